The lowest BCUT2D eigenvalue weighted by atomic mass is 9.57. The summed E-state index contributed by atoms with van der Waals surface area (Å²) in [5, 5.41) is 26.0. The van der Waals surface area contributed by atoms with Crippen LogP contribution < -0.4 is 16.2 Å². The smallest absolute Gasteiger partial charge is 0.310 e. The predicted octanol–water partition coefficient (Wildman–Crippen LogP) is 1.51. The van der Waals surface area contributed by atoms with Crippen molar-refractivity contribution in [2.24, 2.45) is 29.1 Å². The van der Waals surface area contributed by atoms with E-state index in [1.807, 2.05) is 19.9 Å². The molecule has 0 aromatic rings. The summed E-state index contributed by atoms with van der Waals surface area (Å²) in [6, 6.07) is -0.670. The van der Waals surface area contributed by atoms with Gasteiger partial charge in [-0.15, -0.1) is 0 Å². The molecule has 1 amide bonds. The van der Waals surface area contributed by atoms with Crippen LogP contribution in [0.25, 0.3) is 0 Å². The molecule has 2 saturated carbocycles. The Balaban J connectivity index is 1.31. The lowest BCUT2D eigenvalue weighted by Gasteiger charge is -2.50. The SMILES string of the molecule is CCC1=CC(=O)C=CC1(C)C1CC2CCC(C(=O)COC(=O)C(C)C(C)NNC(=O)C3CCCN3)C2(O)CC1O. The average molecular weight is 560 g/mol. The first-order chi connectivity index (χ1) is 18.9. The van der Waals surface area contributed by atoms with E-state index < -0.39 is 47.6 Å². The molecule has 0 spiro atoms. The van der Waals surface area contributed by atoms with Crippen LogP contribution in [0.2, 0.25) is 0 Å². The lowest BCUT2D eigenvalue weighted by molar-refractivity contribution is -0.161. The molecule has 4 aliphatic rings. The third kappa shape index (κ3) is 5.95. The number of fused-ring (bicyclic) bond motifs is 1. The van der Waals surface area contributed by atoms with Crippen molar-refractivity contribution >= 4 is 23.4 Å². The van der Waals surface area contributed by atoms with Crippen LogP contribution in [0.3, 0.4) is 0 Å². The fraction of sp³-hybridized carbons (Fsp3) is 0.733. The largest absolute Gasteiger partial charge is 0.457 e. The number of ether oxygens (including phenoxy) is 1. The van der Waals surface area contributed by atoms with Crippen LogP contribution in [0.1, 0.15) is 72.6 Å². The number of rotatable bonds is 10. The van der Waals surface area contributed by atoms with E-state index in [0.29, 0.717) is 25.7 Å². The Kier molecular flexibility index (Phi) is 9.34. The zero-order valence-electron chi connectivity index (χ0n) is 24.1. The monoisotopic (exact) mass is 559 g/mol. The summed E-state index contributed by atoms with van der Waals surface area (Å²) in [5.74, 6) is -2.85. The van der Waals surface area contributed by atoms with Crippen molar-refractivity contribution < 1.29 is 34.1 Å². The van der Waals surface area contributed by atoms with Crippen LogP contribution in [0, 0.1) is 29.1 Å². The van der Waals surface area contributed by atoms with E-state index in [2.05, 4.69) is 16.2 Å². The number of aliphatic hydroxyl groups excluding tert-OH is 1. The molecule has 1 aliphatic heterocycles. The highest BCUT2D eigenvalue weighted by molar-refractivity contribution is 6.01. The maximum atomic E-state index is 13.2. The summed E-state index contributed by atoms with van der Waals surface area (Å²) in [4.78, 5) is 50.0. The van der Waals surface area contributed by atoms with Crippen molar-refractivity contribution in [2.45, 2.75) is 96.4 Å². The Morgan fingerprint density at radius 3 is 2.65 bits per heavy atom. The standard InChI is InChI=1S/C30H45N3O7/c1-5-19-13-21(34)10-11-29(19,4)23-14-20-8-9-22(30(20,39)15-25(23)35)26(36)16-40-28(38)17(2)18(3)32-33-27(37)24-7-6-12-31-24/h10-11,13,17-18,20,22-25,31-32,35,39H,5-9,12,14-16H2,1-4H3,(H,33,37). The maximum Gasteiger partial charge on any atom is 0.310 e. The number of ketones is 2. The Bertz CT molecular complexity index is 1070. The topological polar surface area (TPSA) is 154 Å². The van der Waals surface area contributed by atoms with Crippen molar-refractivity contribution in [3.05, 3.63) is 23.8 Å². The lowest BCUT2D eigenvalue weighted by Crippen LogP contribution is -2.55. The fourth-order valence-corrected chi connectivity index (χ4v) is 7.27. The van der Waals surface area contributed by atoms with Crippen molar-refractivity contribution in [1.82, 2.24) is 16.2 Å². The third-order valence-corrected chi connectivity index (χ3v) is 10.1. The van der Waals surface area contributed by atoms with Gasteiger partial charge in [-0.05, 0) is 76.0 Å². The highest BCUT2D eigenvalue weighted by Crippen LogP contribution is 2.56. The molecule has 0 aromatic carbocycles. The summed E-state index contributed by atoms with van der Waals surface area (Å²) in [6.07, 6.45) is 8.35. The Morgan fingerprint density at radius 2 is 1.98 bits per heavy atom. The van der Waals surface area contributed by atoms with Gasteiger partial charge in [-0.3, -0.25) is 24.6 Å². The zero-order chi connectivity index (χ0) is 29.2. The van der Waals surface area contributed by atoms with Gasteiger partial charge in [0.15, 0.2) is 11.6 Å². The molecule has 1 saturated heterocycles. The number of carbonyl (C=O) groups excluding carboxylic acids is 4. The van der Waals surface area contributed by atoms with Gasteiger partial charge in [0.2, 0.25) is 0 Å². The van der Waals surface area contributed by atoms with E-state index in [1.54, 1.807) is 26.0 Å². The second kappa shape index (κ2) is 12.2. The fourth-order valence-electron chi connectivity index (χ4n) is 7.27. The van der Waals surface area contributed by atoms with Gasteiger partial charge in [-0.25, -0.2) is 5.43 Å². The van der Waals surface area contributed by atoms with E-state index in [0.717, 1.165) is 25.0 Å². The molecule has 5 N–H and O–H groups in total. The number of esters is 1. The highest BCUT2D eigenvalue weighted by Gasteiger charge is 2.59. The molecule has 3 aliphatic carbocycles. The van der Waals surface area contributed by atoms with Gasteiger partial charge >= 0.3 is 5.97 Å². The molecule has 10 nitrogen and oxygen atoms in total. The molecule has 40 heavy (non-hydrogen) atoms. The molecule has 9 unspecified atom stereocenters. The van der Waals surface area contributed by atoms with Crippen molar-refractivity contribution in [1.29, 1.82) is 0 Å². The van der Waals surface area contributed by atoms with Crippen molar-refractivity contribution in [3.8, 4) is 0 Å². The van der Waals surface area contributed by atoms with Crippen LogP contribution >= 0.6 is 0 Å². The Hall–Kier alpha value is -2.40. The van der Waals surface area contributed by atoms with Gasteiger partial charge in [-0.1, -0.05) is 32.4 Å². The molecule has 4 rings (SSSR count). The number of aliphatic hydroxyl groups is 2. The average Bonchev–Trinajstić information content (AvgIpc) is 3.58. The Labute approximate surface area is 236 Å². The quantitative estimate of drug-likeness (QED) is 0.198. The molecular weight excluding hydrogens is 514 g/mol. The Morgan fingerprint density at radius 1 is 1.23 bits per heavy atom. The third-order valence-electron chi connectivity index (χ3n) is 10.1. The van der Waals surface area contributed by atoms with Crippen molar-refractivity contribution in [3.63, 3.8) is 0 Å². The molecule has 3 fully saturated rings. The second-order valence-electron chi connectivity index (χ2n) is 12.4. The van der Waals surface area contributed by atoms with E-state index in [9.17, 15) is 29.4 Å². The van der Waals surface area contributed by atoms with Gasteiger partial charge in [-0.2, -0.15) is 0 Å². The maximum absolute atomic E-state index is 13.2. The normalized spacial score (nSPS) is 36.9. The summed E-state index contributed by atoms with van der Waals surface area (Å²) in [6.45, 7) is 7.80. The number of Topliss-reactive ketones (excluding diaryl/α,β-unsaturated/α-hetero) is 1. The van der Waals surface area contributed by atoms with E-state index in [1.165, 1.54) is 0 Å². The van der Waals surface area contributed by atoms with Gasteiger partial charge in [0.05, 0.1) is 29.6 Å². The second-order valence-corrected chi connectivity index (χ2v) is 12.4. The minimum atomic E-state index is -1.36. The molecule has 10 heteroatoms. The molecule has 0 aromatic heterocycles. The number of amides is 1. The van der Waals surface area contributed by atoms with Crippen LogP contribution in [-0.2, 0) is 23.9 Å². The van der Waals surface area contributed by atoms with Crippen LogP contribution in [-0.4, -0.2) is 70.6 Å². The number of hydrazine groups is 1. The minimum absolute atomic E-state index is 0.0529. The number of allylic oxidation sites excluding steroid dienone is 4. The molecule has 1 heterocycles. The molecule has 9 atom stereocenters. The van der Waals surface area contributed by atoms with Gasteiger partial charge < -0.3 is 20.3 Å². The van der Waals surface area contributed by atoms with Gasteiger partial charge in [0, 0.05) is 17.9 Å². The number of nitrogens with one attached hydrogen (secondary N) is 3. The summed E-state index contributed by atoms with van der Waals surface area (Å²) in [7, 11) is 0. The van der Waals surface area contributed by atoms with Crippen molar-refractivity contribution in [2.75, 3.05) is 13.2 Å². The van der Waals surface area contributed by atoms with E-state index >= 15 is 0 Å². The first-order valence-electron chi connectivity index (χ1n) is 14.7. The van der Waals surface area contributed by atoms with Crippen LogP contribution in [0.5, 0.6) is 0 Å². The zero-order valence-corrected chi connectivity index (χ0v) is 24.1. The van der Waals surface area contributed by atoms with E-state index in [4.69, 9.17) is 4.74 Å². The van der Waals surface area contributed by atoms with Gasteiger partial charge in [0.25, 0.3) is 5.91 Å². The minimum Gasteiger partial charge on any atom is -0.457 e. The summed E-state index contributed by atoms with van der Waals surface area (Å²) in [5.41, 5.74) is 4.61. The van der Waals surface area contributed by atoms with Crippen LogP contribution in [0.15, 0.2) is 23.8 Å². The highest BCUT2D eigenvalue weighted by atomic mass is 16.5. The summed E-state index contributed by atoms with van der Waals surface area (Å²) >= 11 is 0. The van der Waals surface area contributed by atoms with Crippen LogP contribution in [0.4, 0.5) is 0 Å². The van der Waals surface area contributed by atoms with E-state index in [-0.39, 0.29) is 41.8 Å². The predicted molar refractivity (Wildman–Crippen MR) is 147 cm³/mol. The first-order valence-corrected chi connectivity index (χ1v) is 14.7. The summed E-state index contributed by atoms with van der Waals surface area (Å²) < 4.78 is 5.35. The molecule has 222 valence electrons. The number of hydrogen-bond acceptors (Lipinski definition) is 9. The van der Waals surface area contributed by atoms with Gasteiger partial charge in [0.1, 0.15) is 6.61 Å². The number of carbonyl (C=O) groups is 4. The molecule has 0 bridgehead atoms. The molecule has 0 radical (unpaired) electrons. The first kappa shape index (κ1) is 30.6. The number of hydrogen-bond donors (Lipinski definition) is 5. The molecular formula is C30H45N3O7.